The van der Waals surface area contributed by atoms with E-state index in [4.69, 9.17) is 33.2 Å². The van der Waals surface area contributed by atoms with E-state index in [2.05, 4.69) is 19.1 Å². The van der Waals surface area contributed by atoms with Gasteiger partial charge in [0.2, 0.25) is 0 Å². The van der Waals surface area contributed by atoms with Crippen LogP contribution in [0.4, 0.5) is 0 Å². The summed E-state index contributed by atoms with van der Waals surface area (Å²) < 4.78 is 39.6. The molecule has 2 aromatic rings. The standard InChI is InChI=1S/C27H38O7/c1-4-22-23(13-15-30-16-17-32-26-12-8-9-14-31-26)27(21-10-6-5-7-11-21)25(34-20-29-3)18-24(22)33-19-28-2/h5-7,10-11,18,26H,4,8-9,12-17,19-20H2,1-3H3. The third-order valence-electron chi connectivity index (χ3n) is 5.72. The lowest BCUT2D eigenvalue weighted by molar-refractivity contribution is -0.168. The average molecular weight is 475 g/mol. The Labute approximate surface area is 203 Å². The van der Waals surface area contributed by atoms with Crippen LogP contribution in [-0.4, -0.2) is 60.5 Å². The Kier molecular flexibility index (Phi) is 11.6. The van der Waals surface area contributed by atoms with Crippen molar-refractivity contribution >= 4 is 0 Å². The highest BCUT2D eigenvalue weighted by Crippen LogP contribution is 2.41. The van der Waals surface area contributed by atoms with Gasteiger partial charge in [-0.25, -0.2) is 0 Å². The van der Waals surface area contributed by atoms with E-state index >= 15 is 0 Å². The first kappa shape index (κ1) is 26.4. The second-order valence-corrected chi connectivity index (χ2v) is 8.06. The number of hydrogen-bond donors (Lipinski definition) is 0. The summed E-state index contributed by atoms with van der Waals surface area (Å²) in [6, 6.07) is 12.2. The van der Waals surface area contributed by atoms with Crippen molar-refractivity contribution in [2.24, 2.45) is 0 Å². The number of hydrogen-bond acceptors (Lipinski definition) is 7. The second kappa shape index (κ2) is 15.0. The summed E-state index contributed by atoms with van der Waals surface area (Å²) in [5.74, 6) is 1.46. The molecule has 2 aromatic carbocycles. The van der Waals surface area contributed by atoms with Crippen molar-refractivity contribution in [2.45, 2.75) is 45.3 Å². The van der Waals surface area contributed by atoms with Crippen LogP contribution in [0.25, 0.3) is 11.1 Å². The van der Waals surface area contributed by atoms with Gasteiger partial charge in [0.05, 0.1) is 19.8 Å². The number of methoxy groups -OCH3 is 2. The maximum atomic E-state index is 6.00. The predicted octanol–water partition coefficient (Wildman–Crippen LogP) is 4.98. The molecule has 0 N–H and O–H groups in total. The average Bonchev–Trinajstić information content (AvgIpc) is 2.89. The van der Waals surface area contributed by atoms with Gasteiger partial charge >= 0.3 is 0 Å². The molecule has 7 nitrogen and oxygen atoms in total. The Balaban J connectivity index is 1.78. The maximum Gasteiger partial charge on any atom is 0.188 e. The molecule has 0 radical (unpaired) electrons. The Hall–Kier alpha value is -2.16. The SMILES string of the molecule is CCc1c(OCOC)cc(OCOC)c(-c2ccccc2)c1CCOCCOC1CCCCO1. The zero-order chi connectivity index (χ0) is 24.0. The van der Waals surface area contributed by atoms with Crippen molar-refractivity contribution in [2.75, 3.05) is 54.2 Å². The summed E-state index contributed by atoms with van der Waals surface area (Å²) in [5, 5.41) is 0. The minimum absolute atomic E-state index is 0.0937. The normalized spacial score (nSPS) is 15.9. The van der Waals surface area contributed by atoms with E-state index in [1.807, 2.05) is 24.3 Å². The van der Waals surface area contributed by atoms with Crippen molar-refractivity contribution < 1.29 is 33.2 Å². The van der Waals surface area contributed by atoms with Gasteiger partial charge in [-0.1, -0.05) is 37.3 Å². The lowest BCUT2D eigenvalue weighted by Gasteiger charge is -2.23. The second-order valence-electron chi connectivity index (χ2n) is 8.06. The third kappa shape index (κ3) is 7.68. The molecule has 1 unspecified atom stereocenters. The summed E-state index contributed by atoms with van der Waals surface area (Å²) in [4.78, 5) is 0. The molecule has 1 saturated heterocycles. The summed E-state index contributed by atoms with van der Waals surface area (Å²) in [7, 11) is 3.22. The number of rotatable bonds is 15. The summed E-state index contributed by atoms with van der Waals surface area (Å²) in [5.41, 5.74) is 4.38. The molecule has 0 aromatic heterocycles. The number of ether oxygens (including phenoxy) is 7. The fourth-order valence-electron chi connectivity index (χ4n) is 4.16. The van der Waals surface area contributed by atoms with E-state index in [1.165, 1.54) is 0 Å². The van der Waals surface area contributed by atoms with Gasteiger partial charge in [-0.05, 0) is 48.8 Å². The van der Waals surface area contributed by atoms with E-state index in [-0.39, 0.29) is 19.9 Å². The van der Waals surface area contributed by atoms with Crippen LogP contribution < -0.4 is 9.47 Å². The zero-order valence-corrected chi connectivity index (χ0v) is 20.7. The molecular formula is C27H38O7. The van der Waals surface area contributed by atoms with E-state index in [0.717, 1.165) is 60.3 Å². The molecule has 188 valence electrons. The van der Waals surface area contributed by atoms with Crippen LogP contribution in [0.5, 0.6) is 11.5 Å². The Bertz CT molecular complexity index is 835. The van der Waals surface area contributed by atoms with Crippen molar-refractivity contribution in [3.8, 4) is 22.6 Å². The van der Waals surface area contributed by atoms with Crippen molar-refractivity contribution in [1.82, 2.24) is 0 Å². The fourth-order valence-corrected chi connectivity index (χ4v) is 4.16. The van der Waals surface area contributed by atoms with Gasteiger partial charge in [0.25, 0.3) is 0 Å². The smallest absolute Gasteiger partial charge is 0.188 e. The minimum Gasteiger partial charge on any atom is -0.467 e. The highest BCUT2D eigenvalue weighted by molar-refractivity contribution is 5.77. The molecule has 1 heterocycles. The van der Waals surface area contributed by atoms with E-state index in [1.54, 1.807) is 14.2 Å². The van der Waals surface area contributed by atoms with Crippen LogP contribution in [0.15, 0.2) is 36.4 Å². The van der Waals surface area contributed by atoms with Gasteiger partial charge in [0, 0.05) is 32.5 Å². The van der Waals surface area contributed by atoms with Gasteiger partial charge in [0.1, 0.15) is 11.5 Å². The minimum atomic E-state index is -0.0937. The van der Waals surface area contributed by atoms with Crippen LogP contribution >= 0.6 is 0 Å². The quantitative estimate of drug-likeness (QED) is 0.266. The topological polar surface area (TPSA) is 64.6 Å². The van der Waals surface area contributed by atoms with Gasteiger partial charge in [-0.2, -0.15) is 0 Å². The summed E-state index contributed by atoms with van der Waals surface area (Å²) in [6.07, 6.45) is 4.65. The monoisotopic (exact) mass is 474 g/mol. The van der Waals surface area contributed by atoms with E-state index < -0.39 is 0 Å². The molecule has 3 rings (SSSR count). The molecule has 7 heteroatoms. The van der Waals surface area contributed by atoms with E-state index in [9.17, 15) is 0 Å². The largest absolute Gasteiger partial charge is 0.467 e. The van der Waals surface area contributed by atoms with Gasteiger partial charge in [0.15, 0.2) is 19.9 Å². The fraction of sp³-hybridized carbons (Fsp3) is 0.556. The van der Waals surface area contributed by atoms with Crippen molar-refractivity contribution in [3.05, 3.63) is 47.5 Å². The molecule has 0 amide bonds. The molecule has 34 heavy (non-hydrogen) atoms. The molecular weight excluding hydrogens is 436 g/mol. The number of benzene rings is 2. The summed E-state index contributed by atoms with van der Waals surface area (Å²) >= 11 is 0. The van der Waals surface area contributed by atoms with E-state index in [0.29, 0.717) is 32.0 Å². The molecule has 0 spiro atoms. The van der Waals surface area contributed by atoms with Crippen LogP contribution in [0.3, 0.4) is 0 Å². The van der Waals surface area contributed by atoms with Crippen molar-refractivity contribution in [1.29, 1.82) is 0 Å². The predicted molar refractivity (Wildman–Crippen MR) is 130 cm³/mol. The first-order valence-corrected chi connectivity index (χ1v) is 12.1. The molecule has 1 atom stereocenters. The highest BCUT2D eigenvalue weighted by Gasteiger charge is 2.21. The molecule has 1 aliphatic rings. The van der Waals surface area contributed by atoms with Gasteiger partial charge < -0.3 is 33.2 Å². The molecule has 1 fully saturated rings. The first-order chi connectivity index (χ1) is 16.8. The zero-order valence-electron chi connectivity index (χ0n) is 20.7. The van der Waals surface area contributed by atoms with Crippen molar-refractivity contribution in [3.63, 3.8) is 0 Å². The molecule has 0 saturated carbocycles. The van der Waals surface area contributed by atoms with Gasteiger partial charge in [-0.3, -0.25) is 0 Å². The lowest BCUT2D eigenvalue weighted by atomic mass is 9.90. The van der Waals surface area contributed by atoms with Crippen LogP contribution in [0.2, 0.25) is 0 Å². The molecule has 0 bridgehead atoms. The van der Waals surface area contributed by atoms with Crippen LogP contribution in [0.1, 0.15) is 37.3 Å². The first-order valence-electron chi connectivity index (χ1n) is 12.1. The Morgan fingerprint density at radius 1 is 0.882 bits per heavy atom. The molecule has 1 aliphatic heterocycles. The maximum absolute atomic E-state index is 6.00. The summed E-state index contributed by atoms with van der Waals surface area (Å²) in [6.45, 7) is 4.82. The lowest BCUT2D eigenvalue weighted by Crippen LogP contribution is -2.24. The van der Waals surface area contributed by atoms with Crippen LogP contribution in [-0.2, 0) is 36.5 Å². The van der Waals surface area contributed by atoms with Crippen LogP contribution in [0, 0.1) is 0 Å². The Morgan fingerprint density at radius 2 is 1.65 bits per heavy atom. The Morgan fingerprint density at radius 3 is 2.32 bits per heavy atom. The molecule has 0 aliphatic carbocycles. The highest BCUT2D eigenvalue weighted by atomic mass is 16.7. The third-order valence-corrected chi connectivity index (χ3v) is 5.72. The van der Waals surface area contributed by atoms with Gasteiger partial charge in [-0.15, -0.1) is 0 Å².